The zero-order valence-electron chi connectivity index (χ0n) is 8.92. The minimum atomic E-state index is -0.391. The predicted molar refractivity (Wildman–Crippen MR) is 63.2 cm³/mol. The fraction of sp³-hybridized carbons (Fsp3) is 0.600. The SMILES string of the molecule is CC(C)(NC(=O)CCCCl)c1nccs1. The highest BCUT2D eigenvalue weighted by Crippen LogP contribution is 2.21. The van der Waals surface area contributed by atoms with E-state index in [1.54, 1.807) is 17.5 Å². The summed E-state index contributed by atoms with van der Waals surface area (Å²) < 4.78 is 0. The van der Waals surface area contributed by atoms with Gasteiger partial charge >= 0.3 is 0 Å². The standard InChI is InChI=1S/C10H15ClN2OS/c1-10(2,9-12-6-7-15-9)13-8(14)4-3-5-11/h6-7H,3-5H2,1-2H3,(H,13,14). The number of nitrogens with zero attached hydrogens (tertiary/aromatic N) is 1. The van der Waals surface area contributed by atoms with Gasteiger partial charge in [-0.1, -0.05) is 0 Å². The third-order valence-corrected chi connectivity index (χ3v) is 3.32. The van der Waals surface area contributed by atoms with Crippen LogP contribution in [0.25, 0.3) is 0 Å². The fourth-order valence-electron chi connectivity index (χ4n) is 1.22. The molecule has 1 amide bonds. The molecule has 15 heavy (non-hydrogen) atoms. The van der Waals surface area contributed by atoms with Gasteiger partial charge in [0.2, 0.25) is 5.91 Å². The molecular weight excluding hydrogens is 232 g/mol. The van der Waals surface area contributed by atoms with Crippen LogP contribution in [0.2, 0.25) is 0 Å². The molecule has 0 bridgehead atoms. The van der Waals surface area contributed by atoms with Crippen molar-refractivity contribution in [2.24, 2.45) is 0 Å². The Bertz CT molecular complexity index is 311. The first kappa shape index (κ1) is 12.5. The van der Waals surface area contributed by atoms with Crippen molar-refractivity contribution in [3.8, 4) is 0 Å². The van der Waals surface area contributed by atoms with Gasteiger partial charge < -0.3 is 5.32 Å². The Kier molecular flexibility index (Phi) is 4.54. The molecule has 1 aromatic rings. The first-order valence-electron chi connectivity index (χ1n) is 4.83. The van der Waals surface area contributed by atoms with E-state index in [1.165, 1.54) is 0 Å². The van der Waals surface area contributed by atoms with Crippen LogP contribution >= 0.6 is 22.9 Å². The van der Waals surface area contributed by atoms with Crippen molar-refractivity contribution >= 4 is 28.8 Å². The lowest BCUT2D eigenvalue weighted by Crippen LogP contribution is -2.40. The number of hydrogen-bond acceptors (Lipinski definition) is 3. The van der Waals surface area contributed by atoms with Crippen molar-refractivity contribution in [2.45, 2.75) is 32.2 Å². The smallest absolute Gasteiger partial charge is 0.220 e. The summed E-state index contributed by atoms with van der Waals surface area (Å²) in [5.41, 5.74) is -0.391. The first-order valence-corrected chi connectivity index (χ1v) is 6.24. The average molecular weight is 247 g/mol. The molecule has 1 N–H and O–H groups in total. The van der Waals surface area contributed by atoms with Crippen LogP contribution in [0.4, 0.5) is 0 Å². The Morgan fingerprint density at radius 3 is 2.93 bits per heavy atom. The second-order valence-electron chi connectivity index (χ2n) is 3.80. The molecule has 84 valence electrons. The summed E-state index contributed by atoms with van der Waals surface area (Å²) in [5.74, 6) is 0.543. The molecule has 0 aromatic carbocycles. The van der Waals surface area contributed by atoms with Gasteiger partial charge in [-0.15, -0.1) is 22.9 Å². The molecule has 0 fully saturated rings. The maximum Gasteiger partial charge on any atom is 0.220 e. The lowest BCUT2D eigenvalue weighted by atomic mass is 10.1. The summed E-state index contributed by atoms with van der Waals surface area (Å²) in [6.07, 6.45) is 2.92. The largest absolute Gasteiger partial charge is 0.345 e. The molecule has 0 radical (unpaired) electrons. The van der Waals surface area contributed by atoms with Crippen LogP contribution in [-0.2, 0) is 10.3 Å². The van der Waals surface area contributed by atoms with Gasteiger partial charge in [-0.2, -0.15) is 0 Å². The zero-order valence-corrected chi connectivity index (χ0v) is 10.5. The number of thiazole rings is 1. The molecule has 0 unspecified atom stereocenters. The molecule has 1 rings (SSSR count). The number of amides is 1. The highest BCUT2D eigenvalue weighted by molar-refractivity contribution is 7.09. The molecule has 0 spiro atoms. The monoisotopic (exact) mass is 246 g/mol. The minimum absolute atomic E-state index is 0.0239. The second-order valence-corrected chi connectivity index (χ2v) is 5.08. The van der Waals surface area contributed by atoms with Gasteiger partial charge in [-0.05, 0) is 20.3 Å². The Morgan fingerprint density at radius 1 is 1.67 bits per heavy atom. The number of alkyl halides is 1. The van der Waals surface area contributed by atoms with Crippen molar-refractivity contribution in [1.29, 1.82) is 0 Å². The molecule has 0 aliphatic rings. The molecule has 0 aliphatic heterocycles. The van der Waals surface area contributed by atoms with Crippen molar-refractivity contribution in [2.75, 3.05) is 5.88 Å². The van der Waals surface area contributed by atoms with Crippen molar-refractivity contribution < 1.29 is 4.79 Å². The Balaban J connectivity index is 2.53. The van der Waals surface area contributed by atoms with E-state index in [-0.39, 0.29) is 5.91 Å². The molecule has 3 nitrogen and oxygen atoms in total. The Morgan fingerprint density at radius 2 is 2.40 bits per heavy atom. The van der Waals surface area contributed by atoms with Gasteiger partial charge in [-0.25, -0.2) is 4.98 Å². The number of halogens is 1. The van der Waals surface area contributed by atoms with Crippen LogP contribution < -0.4 is 5.32 Å². The molecule has 0 saturated heterocycles. The predicted octanol–water partition coefficient (Wildman–Crippen LogP) is 2.51. The van der Waals surface area contributed by atoms with E-state index >= 15 is 0 Å². The van der Waals surface area contributed by atoms with Crippen LogP contribution in [0.5, 0.6) is 0 Å². The number of carbonyl (C=O) groups excluding carboxylic acids is 1. The summed E-state index contributed by atoms with van der Waals surface area (Å²) >= 11 is 7.07. The maximum atomic E-state index is 11.5. The van der Waals surface area contributed by atoms with Crippen molar-refractivity contribution in [3.63, 3.8) is 0 Å². The van der Waals surface area contributed by atoms with E-state index in [0.717, 1.165) is 5.01 Å². The van der Waals surface area contributed by atoms with E-state index < -0.39 is 5.54 Å². The lowest BCUT2D eigenvalue weighted by Gasteiger charge is -2.23. The number of rotatable bonds is 5. The molecule has 0 aliphatic carbocycles. The third kappa shape index (κ3) is 3.80. The Hall–Kier alpha value is -0.610. The van der Waals surface area contributed by atoms with Crippen LogP contribution in [0.1, 0.15) is 31.7 Å². The van der Waals surface area contributed by atoms with Gasteiger partial charge in [0.1, 0.15) is 5.01 Å². The van der Waals surface area contributed by atoms with Gasteiger partial charge in [-0.3, -0.25) is 4.79 Å². The number of hydrogen-bond donors (Lipinski definition) is 1. The summed E-state index contributed by atoms with van der Waals surface area (Å²) in [6.45, 7) is 3.90. The first-order chi connectivity index (χ1) is 7.06. The lowest BCUT2D eigenvalue weighted by molar-refractivity contribution is -0.122. The number of carbonyl (C=O) groups is 1. The normalized spacial score (nSPS) is 11.4. The van der Waals surface area contributed by atoms with E-state index in [9.17, 15) is 4.79 Å². The van der Waals surface area contributed by atoms with Crippen molar-refractivity contribution in [1.82, 2.24) is 10.3 Å². The van der Waals surface area contributed by atoms with Crippen LogP contribution in [-0.4, -0.2) is 16.8 Å². The van der Waals surface area contributed by atoms with Crippen LogP contribution in [0.3, 0.4) is 0 Å². The maximum absolute atomic E-state index is 11.5. The molecule has 0 saturated carbocycles. The van der Waals surface area contributed by atoms with Gasteiger partial charge in [0.25, 0.3) is 0 Å². The quantitative estimate of drug-likeness (QED) is 0.812. The Labute approximate surface area is 98.9 Å². The second kappa shape index (κ2) is 5.47. The highest BCUT2D eigenvalue weighted by Gasteiger charge is 2.24. The van der Waals surface area contributed by atoms with E-state index in [4.69, 9.17) is 11.6 Å². The van der Waals surface area contributed by atoms with Crippen molar-refractivity contribution in [3.05, 3.63) is 16.6 Å². The fourth-order valence-corrected chi connectivity index (χ4v) is 2.08. The van der Waals surface area contributed by atoms with Crippen LogP contribution in [0, 0.1) is 0 Å². The molecular formula is C10H15ClN2OS. The minimum Gasteiger partial charge on any atom is -0.345 e. The number of aromatic nitrogens is 1. The summed E-state index contributed by atoms with van der Waals surface area (Å²) in [6, 6.07) is 0. The molecule has 1 heterocycles. The third-order valence-electron chi connectivity index (χ3n) is 1.96. The van der Waals surface area contributed by atoms with E-state index in [0.29, 0.717) is 18.7 Å². The van der Waals surface area contributed by atoms with E-state index in [1.807, 2.05) is 19.2 Å². The van der Waals surface area contributed by atoms with Crippen LogP contribution in [0.15, 0.2) is 11.6 Å². The van der Waals surface area contributed by atoms with Gasteiger partial charge in [0, 0.05) is 23.9 Å². The zero-order chi connectivity index (χ0) is 11.3. The molecule has 5 heteroatoms. The summed E-state index contributed by atoms with van der Waals surface area (Å²) in [5, 5.41) is 5.77. The average Bonchev–Trinajstić information content (AvgIpc) is 2.67. The summed E-state index contributed by atoms with van der Waals surface area (Å²) in [4.78, 5) is 15.7. The van der Waals surface area contributed by atoms with E-state index in [2.05, 4.69) is 10.3 Å². The highest BCUT2D eigenvalue weighted by atomic mass is 35.5. The summed E-state index contributed by atoms with van der Waals surface area (Å²) in [7, 11) is 0. The molecule has 0 atom stereocenters. The number of nitrogens with one attached hydrogen (secondary N) is 1. The topological polar surface area (TPSA) is 42.0 Å². The molecule has 1 aromatic heterocycles. The van der Waals surface area contributed by atoms with Gasteiger partial charge in [0.05, 0.1) is 5.54 Å². The van der Waals surface area contributed by atoms with Gasteiger partial charge in [0.15, 0.2) is 0 Å².